The predicted molar refractivity (Wildman–Crippen MR) is 104 cm³/mol. The zero-order valence-corrected chi connectivity index (χ0v) is 14.9. The number of benzene rings is 2. The third-order valence-corrected chi connectivity index (χ3v) is 4.58. The maximum atomic E-state index is 4.39. The van der Waals surface area contributed by atoms with E-state index in [0.717, 1.165) is 39.7 Å². The van der Waals surface area contributed by atoms with Crippen molar-refractivity contribution in [3.05, 3.63) is 84.1 Å². The van der Waals surface area contributed by atoms with Crippen molar-refractivity contribution >= 4 is 5.69 Å². The third kappa shape index (κ3) is 3.24. The van der Waals surface area contributed by atoms with Gasteiger partial charge in [0.2, 0.25) is 0 Å². The van der Waals surface area contributed by atoms with Gasteiger partial charge in [-0.3, -0.25) is 5.10 Å². The summed E-state index contributed by atoms with van der Waals surface area (Å²) < 4.78 is 2.10. The number of aromatic nitrogens is 4. The second-order valence-corrected chi connectivity index (χ2v) is 6.33. The summed E-state index contributed by atoms with van der Waals surface area (Å²) in [4.78, 5) is 4.35. The first kappa shape index (κ1) is 16.1. The number of hydrogen-bond acceptors (Lipinski definition) is 3. The zero-order chi connectivity index (χ0) is 17.9. The molecule has 4 rings (SSSR count). The molecule has 2 aromatic carbocycles. The molecule has 0 saturated carbocycles. The fourth-order valence-corrected chi connectivity index (χ4v) is 2.91. The molecule has 4 aromatic rings. The molecule has 0 amide bonds. The molecule has 5 nitrogen and oxygen atoms in total. The number of imidazole rings is 1. The minimum atomic E-state index is 0.697. The predicted octanol–water partition coefficient (Wildman–Crippen LogP) is 4.49. The summed E-state index contributed by atoms with van der Waals surface area (Å²) in [6, 6.07) is 20.6. The van der Waals surface area contributed by atoms with Crippen molar-refractivity contribution < 1.29 is 0 Å². The maximum Gasteiger partial charge on any atom is 0.0997 e. The lowest BCUT2D eigenvalue weighted by Gasteiger charge is -2.08. The molecular weight excluding hydrogens is 322 g/mol. The Hall–Kier alpha value is -3.34. The van der Waals surface area contributed by atoms with Crippen molar-refractivity contribution in [1.82, 2.24) is 19.7 Å². The molecule has 2 heterocycles. The maximum absolute atomic E-state index is 4.39. The molecule has 0 atom stereocenters. The Morgan fingerprint density at radius 1 is 1.00 bits per heavy atom. The summed E-state index contributed by atoms with van der Waals surface area (Å²) in [6.45, 7) is 4.80. The van der Waals surface area contributed by atoms with Crippen molar-refractivity contribution in [2.24, 2.45) is 0 Å². The van der Waals surface area contributed by atoms with Gasteiger partial charge in [0.25, 0.3) is 0 Å². The van der Waals surface area contributed by atoms with Gasteiger partial charge in [-0.25, -0.2) is 4.98 Å². The molecule has 2 aromatic heterocycles. The number of H-pyrrole nitrogens is 1. The lowest BCUT2D eigenvalue weighted by Crippen LogP contribution is -2.00. The van der Waals surface area contributed by atoms with Gasteiger partial charge in [-0.05, 0) is 44.2 Å². The van der Waals surface area contributed by atoms with Gasteiger partial charge in [-0.1, -0.05) is 30.3 Å². The van der Waals surface area contributed by atoms with Crippen LogP contribution in [-0.4, -0.2) is 19.7 Å². The Bertz CT molecular complexity index is 997. The van der Waals surface area contributed by atoms with E-state index >= 15 is 0 Å². The van der Waals surface area contributed by atoms with E-state index in [-0.39, 0.29) is 0 Å². The monoisotopic (exact) mass is 343 g/mol. The van der Waals surface area contributed by atoms with Crippen LogP contribution < -0.4 is 5.32 Å². The normalized spacial score (nSPS) is 10.8. The molecule has 2 N–H and O–H groups in total. The summed E-state index contributed by atoms with van der Waals surface area (Å²) in [7, 11) is 0. The lowest BCUT2D eigenvalue weighted by molar-refractivity contribution is 0.980. The van der Waals surface area contributed by atoms with Gasteiger partial charge in [-0.15, -0.1) is 0 Å². The average Bonchev–Trinajstić information content (AvgIpc) is 3.29. The summed E-state index contributed by atoms with van der Waals surface area (Å²) in [5, 5.41) is 10.9. The number of nitrogens with zero attached hydrogens (tertiary/aromatic N) is 3. The fourth-order valence-electron chi connectivity index (χ4n) is 2.91. The second kappa shape index (κ2) is 6.88. The van der Waals surface area contributed by atoms with E-state index in [9.17, 15) is 0 Å². The van der Waals surface area contributed by atoms with Crippen LogP contribution in [0.25, 0.3) is 16.9 Å². The van der Waals surface area contributed by atoms with Crippen molar-refractivity contribution in [3.8, 4) is 16.9 Å². The Labute approximate surface area is 152 Å². The molecule has 0 spiro atoms. The van der Waals surface area contributed by atoms with Crippen LogP contribution in [-0.2, 0) is 6.54 Å². The average molecular weight is 343 g/mol. The van der Waals surface area contributed by atoms with Gasteiger partial charge in [0, 0.05) is 22.6 Å². The summed E-state index contributed by atoms with van der Waals surface area (Å²) in [6.07, 6.45) is 1.86. The number of nitrogens with one attached hydrogen (secondary N) is 2. The Morgan fingerprint density at radius 3 is 2.46 bits per heavy atom. The van der Waals surface area contributed by atoms with Crippen LogP contribution in [0, 0.1) is 13.8 Å². The Kier molecular flexibility index (Phi) is 4.27. The van der Waals surface area contributed by atoms with Gasteiger partial charge >= 0.3 is 0 Å². The van der Waals surface area contributed by atoms with E-state index < -0.39 is 0 Å². The molecule has 0 radical (unpaired) electrons. The van der Waals surface area contributed by atoms with Crippen LogP contribution in [0.5, 0.6) is 0 Å². The largest absolute Gasteiger partial charge is 0.379 e. The fraction of sp³-hybridized carbons (Fsp3) is 0.143. The third-order valence-electron chi connectivity index (χ3n) is 4.58. The molecule has 5 heteroatoms. The number of rotatable bonds is 5. The highest BCUT2D eigenvalue weighted by molar-refractivity contribution is 5.59. The number of anilines is 1. The van der Waals surface area contributed by atoms with Crippen LogP contribution in [0.15, 0.2) is 67.0 Å². The van der Waals surface area contributed by atoms with E-state index in [1.165, 1.54) is 0 Å². The lowest BCUT2D eigenvalue weighted by atomic mass is 10.1. The number of aryl methyl sites for hydroxylation is 1. The van der Waals surface area contributed by atoms with Crippen molar-refractivity contribution in [1.29, 1.82) is 0 Å². The SMILES string of the molecule is Cc1ncn(-c2ccc(NCc3cc(-c4ccccc4)n[nH]3)cc2)c1C. The standard InChI is InChI=1S/C21H21N5/c1-15-16(2)26(14-23-15)20-10-8-18(9-11-20)22-13-19-12-21(25-24-19)17-6-4-3-5-7-17/h3-12,14,22H,13H2,1-2H3,(H,24,25). The molecule has 0 bridgehead atoms. The van der Waals surface area contributed by atoms with Crippen molar-refractivity contribution in [2.75, 3.05) is 5.32 Å². The van der Waals surface area contributed by atoms with Crippen LogP contribution in [0.3, 0.4) is 0 Å². The second-order valence-electron chi connectivity index (χ2n) is 6.33. The first-order valence-electron chi connectivity index (χ1n) is 8.65. The first-order chi connectivity index (χ1) is 12.7. The highest BCUT2D eigenvalue weighted by Gasteiger charge is 2.05. The van der Waals surface area contributed by atoms with Gasteiger partial charge in [0.15, 0.2) is 0 Å². The Balaban J connectivity index is 1.42. The van der Waals surface area contributed by atoms with Crippen molar-refractivity contribution in [2.45, 2.75) is 20.4 Å². The smallest absolute Gasteiger partial charge is 0.0997 e. The molecule has 0 fully saturated rings. The molecular formula is C21H21N5. The quantitative estimate of drug-likeness (QED) is 0.561. The van der Waals surface area contributed by atoms with Gasteiger partial charge < -0.3 is 9.88 Å². The molecule has 26 heavy (non-hydrogen) atoms. The van der Waals surface area contributed by atoms with Crippen LogP contribution in [0.1, 0.15) is 17.1 Å². The van der Waals surface area contributed by atoms with Gasteiger partial charge in [0.1, 0.15) is 0 Å². The minimum Gasteiger partial charge on any atom is -0.379 e. The van der Waals surface area contributed by atoms with Crippen LogP contribution in [0.4, 0.5) is 5.69 Å². The topological polar surface area (TPSA) is 58.5 Å². The molecule has 0 aliphatic carbocycles. The number of aromatic amines is 1. The summed E-state index contributed by atoms with van der Waals surface area (Å²) >= 11 is 0. The highest BCUT2D eigenvalue weighted by atomic mass is 15.1. The zero-order valence-electron chi connectivity index (χ0n) is 14.9. The first-order valence-corrected chi connectivity index (χ1v) is 8.65. The molecule has 0 aliphatic heterocycles. The summed E-state index contributed by atoms with van der Waals surface area (Å²) in [5.41, 5.74) is 7.53. The van der Waals surface area contributed by atoms with E-state index in [1.54, 1.807) is 0 Å². The van der Waals surface area contributed by atoms with E-state index in [4.69, 9.17) is 0 Å². The van der Waals surface area contributed by atoms with E-state index in [2.05, 4.69) is 74.5 Å². The highest BCUT2D eigenvalue weighted by Crippen LogP contribution is 2.19. The van der Waals surface area contributed by atoms with Crippen LogP contribution >= 0.6 is 0 Å². The molecule has 0 saturated heterocycles. The Morgan fingerprint density at radius 2 is 1.77 bits per heavy atom. The van der Waals surface area contributed by atoms with Gasteiger partial charge in [-0.2, -0.15) is 5.10 Å². The van der Waals surface area contributed by atoms with Crippen LogP contribution in [0.2, 0.25) is 0 Å². The van der Waals surface area contributed by atoms with E-state index in [0.29, 0.717) is 6.54 Å². The number of hydrogen-bond donors (Lipinski definition) is 2. The minimum absolute atomic E-state index is 0.697. The van der Waals surface area contributed by atoms with Gasteiger partial charge in [0.05, 0.1) is 30.0 Å². The van der Waals surface area contributed by atoms with Crippen molar-refractivity contribution in [3.63, 3.8) is 0 Å². The summed E-state index contributed by atoms with van der Waals surface area (Å²) in [5.74, 6) is 0. The van der Waals surface area contributed by atoms with E-state index in [1.807, 2.05) is 31.5 Å². The molecule has 130 valence electrons. The molecule has 0 aliphatic rings. The molecule has 0 unspecified atom stereocenters.